The highest BCUT2D eigenvalue weighted by Gasteiger charge is 2.22. The number of hydrogen-bond donors (Lipinski definition) is 1. The van der Waals surface area contributed by atoms with Gasteiger partial charge in [-0.2, -0.15) is 4.98 Å². The van der Waals surface area contributed by atoms with Gasteiger partial charge in [-0.05, 0) is 38.6 Å². The molecule has 2 saturated heterocycles. The van der Waals surface area contributed by atoms with Gasteiger partial charge in [-0.3, -0.25) is 0 Å². The van der Waals surface area contributed by atoms with Crippen LogP contribution in [-0.2, 0) is 11.2 Å². The van der Waals surface area contributed by atoms with Crippen LogP contribution in [0.4, 0.5) is 0 Å². The highest BCUT2D eigenvalue weighted by atomic mass is 16.5. The van der Waals surface area contributed by atoms with E-state index in [-0.39, 0.29) is 0 Å². The van der Waals surface area contributed by atoms with E-state index in [4.69, 9.17) is 9.26 Å². The maximum absolute atomic E-state index is 5.58. The normalized spacial score (nSPS) is 28.9. The zero-order chi connectivity index (χ0) is 11.5. The molecule has 5 heteroatoms. The monoisotopic (exact) mass is 237 g/mol. The molecule has 94 valence electrons. The molecule has 1 aromatic heterocycles. The van der Waals surface area contributed by atoms with Gasteiger partial charge in [-0.1, -0.05) is 5.16 Å². The van der Waals surface area contributed by atoms with Gasteiger partial charge < -0.3 is 14.6 Å². The Balaban J connectivity index is 1.52. The van der Waals surface area contributed by atoms with Gasteiger partial charge in [0, 0.05) is 13.0 Å². The second-order valence-electron chi connectivity index (χ2n) is 4.87. The maximum Gasteiger partial charge on any atom is 0.226 e. The largest absolute Gasteiger partial charge is 0.378 e. The van der Waals surface area contributed by atoms with Crippen LogP contribution in [-0.4, -0.2) is 29.4 Å². The molecule has 1 aromatic rings. The van der Waals surface area contributed by atoms with Crippen molar-refractivity contribution in [2.75, 3.05) is 13.2 Å². The molecule has 3 rings (SSSR count). The molecule has 2 aliphatic heterocycles. The zero-order valence-electron chi connectivity index (χ0n) is 10.0. The van der Waals surface area contributed by atoms with Crippen LogP contribution in [0.1, 0.15) is 49.9 Å². The smallest absolute Gasteiger partial charge is 0.226 e. The van der Waals surface area contributed by atoms with E-state index in [1.165, 1.54) is 19.3 Å². The molecule has 0 radical (unpaired) electrons. The van der Waals surface area contributed by atoms with Crippen LogP contribution in [0.2, 0.25) is 0 Å². The van der Waals surface area contributed by atoms with Gasteiger partial charge in [0.05, 0.1) is 12.1 Å². The number of rotatable bonds is 4. The van der Waals surface area contributed by atoms with Gasteiger partial charge in [-0.25, -0.2) is 0 Å². The van der Waals surface area contributed by atoms with Gasteiger partial charge in [0.15, 0.2) is 5.82 Å². The molecule has 2 fully saturated rings. The van der Waals surface area contributed by atoms with Crippen molar-refractivity contribution in [2.24, 2.45) is 0 Å². The third-order valence-corrected chi connectivity index (χ3v) is 3.56. The topological polar surface area (TPSA) is 60.2 Å². The van der Waals surface area contributed by atoms with E-state index >= 15 is 0 Å². The third kappa shape index (κ3) is 2.66. The Bertz CT molecular complexity index is 354. The quantitative estimate of drug-likeness (QED) is 0.862. The van der Waals surface area contributed by atoms with E-state index in [1.54, 1.807) is 0 Å². The summed E-state index contributed by atoms with van der Waals surface area (Å²) in [5, 5.41) is 7.43. The minimum absolute atomic E-state index is 0.301. The highest BCUT2D eigenvalue weighted by Crippen LogP contribution is 2.21. The standard InChI is InChI=1S/C12H19N3O2/c1-4-10(13-7-1)12-14-11(17-15-12)6-5-9-3-2-8-16-9/h9-10,13H,1-8H2. The van der Waals surface area contributed by atoms with Crippen LogP contribution >= 0.6 is 0 Å². The Labute approximate surface area is 101 Å². The summed E-state index contributed by atoms with van der Waals surface area (Å²) in [4.78, 5) is 4.46. The second-order valence-corrected chi connectivity index (χ2v) is 4.87. The lowest BCUT2D eigenvalue weighted by molar-refractivity contribution is 0.102. The maximum atomic E-state index is 5.58. The fraction of sp³-hybridized carbons (Fsp3) is 0.833. The molecule has 3 heterocycles. The Kier molecular flexibility index (Phi) is 3.38. The van der Waals surface area contributed by atoms with Crippen molar-refractivity contribution in [1.82, 2.24) is 15.5 Å². The third-order valence-electron chi connectivity index (χ3n) is 3.56. The lowest BCUT2D eigenvalue weighted by Gasteiger charge is -2.05. The van der Waals surface area contributed by atoms with Gasteiger partial charge in [0.1, 0.15) is 0 Å². The molecule has 17 heavy (non-hydrogen) atoms. The van der Waals surface area contributed by atoms with E-state index in [9.17, 15) is 0 Å². The summed E-state index contributed by atoms with van der Waals surface area (Å²) in [5.41, 5.74) is 0. The molecule has 1 N–H and O–H groups in total. The summed E-state index contributed by atoms with van der Waals surface area (Å²) < 4.78 is 10.9. The van der Waals surface area contributed by atoms with Crippen LogP contribution in [0.15, 0.2) is 4.52 Å². The first-order chi connectivity index (χ1) is 8.42. The number of nitrogens with one attached hydrogen (secondary N) is 1. The molecular formula is C12H19N3O2. The van der Waals surface area contributed by atoms with Gasteiger partial charge in [0.2, 0.25) is 5.89 Å². The van der Waals surface area contributed by atoms with E-state index in [0.29, 0.717) is 12.1 Å². The fourth-order valence-corrected chi connectivity index (χ4v) is 2.57. The van der Waals surface area contributed by atoms with Gasteiger partial charge in [0.25, 0.3) is 0 Å². The van der Waals surface area contributed by atoms with E-state index < -0.39 is 0 Å². The lowest BCUT2D eigenvalue weighted by Crippen LogP contribution is -2.14. The van der Waals surface area contributed by atoms with Crippen LogP contribution < -0.4 is 5.32 Å². The van der Waals surface area contributed by atoms with Crippen molar-refractivity contribution < 1.29 is 9.26 Å². The Morgan fingerprint density at radius 3 is 3.06 bits per heavy atom. The predicted molar refractivity (Wildman–Crippen MR) is 61.6 cm³/mol. The van der Waals surface area contributed by atoms with Gasteiger partial charge in [-0.15, -0.1) is 0 Å². The average Bonchev–Trinajstić information content (AvgIpc) is 3.09. The van der Waals surface area contributed by atoms with Crippen molar-refractivity contribution in [3.05, 3.63) is 11.7 Å². The Morgan fingerprint density at radius 2 is 2.29 bits per heavy atom. The minimum atomic E-state index is 0.301. The average molecular weight is 237 g/mol. The van der Waals surface area contributed by atoms with Crippen molar-refractivity contribution in [1.29, 1.82) is 0 Å². The lowest BCUT2D eigenvalue weighted by atomic mass is 10.1. The summed E-state index contributed by atoms with van der Waals surface area (Å²) >= 11 is 0. The molecule has 0 amide bonds. The van der Waals surface area contributed by atoms with E-state index in [0.717, 1.165) is 44.1 Å². The van der Waals surface area contributed by atoms with Crippen molar-refractivity contribution >= 4 is 0 Å². The summed E-state index contributed by atoms with van der Waals surface area (Å²) in [6.45, 7) is 1.97. The first-order valence-electron chi connectivity index (χ1n) is 6.59. The summed E-state index contributed by atoms with van der Waals surface area (Å²) in [6, 6.07) is 0.301. The van der Waals surface area contributed by atoms with Crippen LogP contribution in [0.25, 0.3) is 0 Å². The van der Waals surface area contributed by atoms with Crippen molar-refractivity contribution in [3.8, 4) is 0 Å². The molecule has 0 aromatic carbocycles. The van der Waals surface area contributed by atoms with Crippen LogP contribution in [0, 0.1) is 0 Å². The molecule has 0 spiro atoms. The van der Waals surface area contributed by atoms with Gasteiger partial charge >= 0.3 is 0 Å². The number of aromatic nitrogens is 2. The second kappa shape index (κ2) is 5.14. The van der Waals surface area contributed by atoms with Crippen molar-refractivity contribution in [3.63, 3.8) is 0 Å². The zero-order valence-corrected chi connectivity index (χ0v) is 10.0. The number of nitrogens with zero attached hydrogens (tertiary/aromatic N) is 2. The van der Waals surface area contributed by atoms with E-state index in [2.05, 4.69) is 15.5 Å². The van der Waals surface area contributed by atoms with Crippen LogP contribution in [0.3, 0.4) is 0 Å². The Hall–Kier alpha value is -0.940. The first kappa shape index (κ1) is 11.2. The van der Waals surface area contributed by atoms with Crippen LogP contribution in [0.5, 0.6) is 0 Å². The molecule has 5 nitrogen and oxygen atoms in total. The fourth-order valence-electron chi connectivity index (χ4n) is 2.57. The molecule has 0 aliphatic carbocycles. The molecule has 2 aliphatic rings. The highest BCUT2D eigenvalue weighted by molar-refractivity contribution is 4.97. The predicted octanol–water partition coefficient (Wildman–Crippen LogP) is 1.61. The summed E-state index contributed by atoms with van der Waals surface area (Å²) in [7, 11) is 0. The Morgan fingerprint density at radius 1 is 1.29 bits per heavy atom. The molecule has 0 bridgehead atoms. The number of ether oxygens (including phenoxy) is 1. The SMILES string of the molecule is C1COC(CCc2nc(C3CCCN3)no2)C1. The number of hydrogen-bond acceptors (Lipinski definition) is 5. The number of aryl methyl sites for hydroxylation is 1. The first-order valence-corrected chi connectivity index (χ1v) is 6.59. The molecular weight excluding hydrogens is 218 g/mol. The summed E-state index contributed by atoms with van der Waals surface area (Å²) in [5.74, 6) is 1.58. The molecule has 0 saturated carbocycles. The molecule has 2 unspecified atom stereocenters. The summed E-state index contributed by atoms with van der Waals surface area (Å²) in [6.07, 6.45) is 6.91. The molecule has 2 atom stereocenters. The van der Waals surface area contributed by atoms with Crippen molar-refractivity contribution in [2.45, 2.75) is 50.7 Å². The minimum Gasteiger partial charge on any atom is -0.378 e. The van der Waals surface area contributed by atoms with E-state index in [1.807, 2.05) is 0 Å².